The monoisotopic (exact) mass is 404 g/mol. The van der Waals surface area contributed by atoms with E-state index < -0.39 is 0 Å². The highest BCUT2D eigenvalue weighted by Gasteiger charge is 2.32. The number of hydrogen-bond acceptors (Lipinski definition) is 4. The summed E-state index contributed by atoms with van der Waals surface area (Å²) < 4.78 is 5.60. The van der Waals surface area contributed by atoms with Crippen LogP contribution in [0.15, 0.2) is 24.3 Å². The van der Waals surface area contributed by atoms with Crippen LogP contribution in [0.4, 0.5) is 5.00 Å². The minimum absolute atomic E-state index is 0.0123. The predicted molar refractivity (Wildman–Crippen MR) is 111 cm³/mol. The summed E-state index contributed by atoms with van der Waals surface area (Å²) >= 11 is 8.11. The Morgan fingerprint density at radius 3 is 2.78 bits per heavy atom. The number of anilines is 1. The number of morpholine rings is 1. The number of nitrogens with one attached hydrogen (secondary N) is 1. The van der Waals surface area contributed by atoms with Crippen LogP contribution in [0.2, 0.25) is 5.02 Å². The van der Waals surface area contributed by atoms with Gasteiger partial charge in [-0.25, -0.2) is 0 Å². The fourth-order valence-electron chi connectivity index (χ4n) is 4.20. The van der Waals surface area contributed by atoms with Crippen LogP contribution in [-0.2, 0) is 22.4 Å². The Labute approximate surface area is 169 Å². The highest BCUT2D eigenvalue weighted by Crippen LogP contribution is 2.45. The summed E-state index contributed by atoms with van der Waals surface area (Å²) in [6, 6.07) is 8.23. The molecule has 1 atom stereocenters. The molecule has 2 aliphatic rings. The van der Waals surface area contributed by atoms with Crippen LogP contribution < -0.4 is 5.32 Å². The van der Waals surface area contributed by atoms with Crippen molar-refractivity contribution in [1.29, 1.82) is 0 Å². The molecule has 2 heterocycles. The van der Waals surface area contributed by atoms with Crippen molar-refractivity contribution in [1.82, 2.24) is 4.90 Å². The van der Waals surface area contributed by atoms with Crippen LogP contribution >= 0.6 is 22.9 Å². The minimum Gasteiger partial charge on any atom is -0.379 e. The number of halogens is 1. The molecule has 0 radical (unpaired) electrons. The number of nitrogens with zero attached hydrogens (tertiary/aromatic N) is 1. The van der Waals surface area contributed by atoms with Gasteiger partial charge in [0.1, 0.15) is 5.00 Å². The number of rotatable bonds is 4. The van der Waals surface area contributed by atoms with Crippen molar-refractivity contribution < 1.29 is 9.53 Å². The summed E-state index contributed by atoms with van der Waals surface area (Å²) in [6.45, 7) is 4.81. The standard InChI is InChI=1S/C21H25ClN2O2S/c1-14(25)23-21-19(17-7-2-3-8-18(17)27-21)20(24-9-11-26-12-10-24)15-5-4-6-16(22)13-15/h4-6,13,20H,2-3,7-12H2,1H3,(H,23,25). The summed E-state index contributed by atoms with van der Waals surface area (Å²) in [5, 5.41) is 4.87. The maximum atomic E-state index is 11.9. The van der Waals surface area contributed by atoms with Gasteiger partial charge in [-0.05, 0) is 48.9 Å². The maximum Gasteiger partial charge on any atom is 0.221 e. The van der Waals surface area contributed by atoms with Gasteiger partial charge in [0.2, 0.25) is 5.91 Å². The average molecular weight is 405 g/mol. The lowest BCUT2D eigenvalue weighted by Crippen LogP contribution is -2.40. The Balaban J connectivity index is 1.86. The van der Waals surface area contributed by atoms with E-state index >= 15 is 0 Å². The first-order chi connectivity index (χ1) is 13.1. The second kappa shape index (κ2) is 8.31. The third-order valence-electron chi connectivity index (χ3n) is 5.35. The number of thiophene rings is 1. The Bertz CT molecular complexity index is 830. The zero-order valence-corrected chi connectivity index (χ0v) is 17.2. The molecule has 1 fully saturated rings. The topological polar surface area (TPSA) is 41.6 Å². The van der Waals surface area contributed by atoms with Crippen molar-refractivity contribution in [3.05, 3.63) is 50.9 Å². The summed E-state index contributed by atoms with van der Waals surface area (Å²) in [4.78, 5) is 15.8. The van der Waals surface area contributed by atoms with E-state index in [-0.39, 0.29) is 11.9 Å². The normalized spacial score (nSPS) is 18.7. The zero-order chi connectivity index (χ0) is 18.8. The number of amides is 1. The molecule has 1 saturated heterocycles. The van der Waals surface area contributed by atoms with E-state index in [1.54, 1.807) is 18.3 Å². The Kier molecular flexibility index (Phi) is 5.83. The molecule has 4 rings (SSSR count). The van der Waals surface area contributed by atoms with Gasteiger partial charge in [-0.2, -0.15) is 0 Å². The predicted octanol–water partition coefficient (Wildman–Crippen LogP) is 4.66. The molecule has 1 N–H and O–H groups in total. The molecule has 1 aromatic carbocycles. The van der Waals surface area contributed by atoms with E-state index in [2.05, 4.69) is 22.3 Å². The largest absolute Gasteiger partial charge is 0.379 e. The van der Waals surface area contributed by atoms with Gasteiger partial charge in [0.25, 0.3) is 0 Å². The van der Waals surface area contributed by atoms with E-state index in [0.717, 1.165) is 49.2 Å². The number of aryl methyl sites for hydroxylation is 1. The van der Waals surface area contributed by atoms with Crippen LogP contribution in [0.3, 0.4) is 0 Å². The van der Waals surface area contributed by atoms with Gasteiger partial charge < -0.3 is 10.1 Å². The zero-order valence-electron chi connectivity index (χ0n) is 15.6. The Morgan fingerprint density at radius 2 is 2.04 bits per heavy atom. The second-order valence-electron chi connectivity index (χ2n) is 7.24. The quantitative estimate of drug-likeness (QED) is 0.805. The first kappa shape index (κ1) is 18.9. The molecule has 6 heteroatoms. The van der Waals surface area contributed by atoms with Crippen molar-refractivity contribution in [2.45, 2.75) is 38.6 Å². The van der Waals surface area contributed by atoms with Crippen molar-refractivity contribution in [2.24, 2.45) is 0 Å². The molecule has 1 unspecified atom stereocenters. The molecule has 1 aromatic heterocycles. The Hall–Kier alpha value is -1.40. The number of fused-ring (bicyclic) bond motifs is 1. The van der Waals surface area contributed by atoms with E-state index in [9.17, 15) is 4.79 Å². The number of carbonyl (C=O) groups is 1. The maximum absolute atomic E-state index is 11.9. The average Bonchev–Trinajstić information content (AvgIpc) is 3.00. The van der Waals surface area contributed by atoms with Gasteiger partial charge in [-0.3, -0.25) is 9.69 Å². The van der Waals surface area contributed by atoms with Crippen LogP contribution in [0.5, 0.6) is 0 Å². The lowest BCUT2D eigenvalue weighted by atomic mass is 9.88. The number of ether oxygens (including phenoxy) is 1. The molecule has 0 bridgehead atoms. The van der Waals surface area contributed by atoms with Gasteiger partial charge in [0, 0.05) is 35.5 Å². The van der Waals surface area contributed by atoms with E-state index in [4.69, 9.17) is 16.3 Å². The number of carbonyl (C=O) groups excluding carboxylic acids is 1. The van der Waals surface area contributed by atoms with Gasteiger partial charge in [-0.15, -0.1) is 11.3 Å². The first-order valence-electron chi connectivity index (χ1n) is 9.63. The minimum atomic E-state index is -0.0123. The highest BCUT2D eigenvalue weighted by molar-refractivity contribution is 7.16. The van der Waals surface area contributed by atoms with E-state index in [0.29, 0.717) is 0 Å². The highest BCUT2D eigenvalue weighted by atomic mass is 35.5. The SMILES string of the molecule is CC(=O)Nc1sc2c(c1C(c1cccc(Cl)c1)N1CCOCC1)CCCC2. The van der Waals surface area contributed by atoms with Crippen LogP contribution in [-0.4, -0.2) is 37.1 Å². The third-order valence-corrected chi connectivity index (χ3v) is 6.81. The van der Waals surface area contributed by atoms with Crippen LogP contribution in [0.25, 0.3) is 0 Å². The molecule has 1 aliphatic carbocycles. The van der Waals surface area contributed by atoms with Crippen molar-refractivity contribution in [3.63, 3.8) is 0 Å². The van der Waals surface area contributed by atoms with Crippen molar-refractivity contribution in [3.8, 4) is 0 Å². The fourth-order valence-corrected chi connectivity index (χ4v) is 5.77. The fraction of sp³-hybridized carbons (Fsp3) is 0.476. The second-order valence-corrected chi connectivity index (χ2v) is 8.78. The molecular weight excluding hydrogens is 380 g/mol. The van der Waals surface area contributed by atoms with Gasteiger partial charge >= 0.3 is 0 Å². The third kappa shape index (κ3) is 4.06. The first-order valence-corrected chi connectivity index (χ1v) is 10.8. The molecule has 144 valence electrons. The molecule has 27 heavy (non-hydrogen) atoms. The summed E-state index contributed by atoms with van der Waals surface area (Å²) in [7, 11) is 0. The Morgan fingerprint density at radius 1 is 1.26 bits per heavy atom. The molecule has 0 saturated carbocycles. The molecule has 2 aromatic rings. The molecule has 4 nitrogen and oxygen atoms in total. The van der Waals surface area contributed by atoms with E-state index in [1.165, 1.54) is 34.4 Å². The smallest absolute Gasteiger partial charge is 0.221 e. The van der Waals surface area contributed by atoms with Gasteiger partial charge in [-0.1, -0.05) is 23.7 Å². The number of benzene rings is 1. The molecule has 1 aliphatic heterocycles. The van der Waals surface area contributed by atoms with Crippen molar-refractivity contribution >= 4 is 33.8 Å². The summed E-state index contributed by atoms with van der Waals surface area (Å²) in [5.74, 6) is -0.0123. The molecule has 1 amide bonds. The van der Waals surface area contributed by atoms with Crippen molar-refractivity contribution in [2.75, 3.05) is 31.6 Å². The van der Waals surface area contributed by atoms with Crippen LogP contribution in [0, 0.1) is 0 Å². The van der Waals surface area contributed by atoms with E-state index in [1.807, 2.05) is 12.1 Å². The molecular formula is C21H25ClN2O2S. The summed E-state index contributed by atoms with van der Waals surface area (Å²) in [5.41, 5.74) is 3.89. The summed E-state index contributed by atoms with van der Waals surface area (Å²) in [6.07, 6.45) is 4.63. The lowest BCUT2D eigenvalue weighted by Gasteiger charge is -2.36. The molecule has 0 spiro atoms. The number of hydrogen-bond donors (Lipinski definition) is 1. The van der Waals surface area contributed by atoms with Gasteiger partial charge in [0.05, 0.1) is 19.3 Å². The lowest BCUT2D eigenvalue weighted by molar-refractivity contribution is -0.114. The van der Waals surface area contributed by atoms with Gasteiger partial charge in [0.15, 0.2) is 0 Å². The van der Waals surface area contributed by atoms with Crippen LogP contribution in [0.1, 0.15) is 47.4 Å².